The van der Waals surface area contributed by atoms with Crippen molar-refractivity contribution in [2.24, 2.45) is 5.92 Å². The van der Waals surface area contributed by atoms with E-state index in [1.165, 1.54) is 6.42 Å². The number of nitrogen functional groups attached to an aromatic ring is 1. The molecular weight excluding hydrogens is 254 g/mol. The van der Waals surface area contributed by atoms with Crippen LogP contribution in [0.5, 0.6) is 5.75 Å². The molecule has 0 saturated carbocycles. The average Bonchev–Trinajstić information content (AvgIpc) is 2.45. The zero-order chi connectivity index (χ0) is 14.4. The third kappa shape index (κ3) is 4.33. The summed E-state index contributed by atoms with van der Waals surface area (Å²) in [7, 11) is 0. The molecule has 0 aliphatic carbocycles. The van der Waals surface area contributed by atoms with E-state index in [0.29, 0.717) is 24.8 Å². The standard InChI is InChI=1S/C15H23N3O2/c1-12-3-2-9-18(11-12)15(19)17-8-10-20-14-6-4-13(16)5-7-14/h4-7,12H,2-3,8-11,16H2,1H3,(H,17,19). The molecule has 1 aromatic carbocycles. The van der Waals surface area contributed by atoms with Crippen LogP contribution in [0.4, 0.5) is 10.5 Å². The SMILES string of the molecule is CC1CCCN(C(=O)NCCOc2ccc(N)cc2)C1. The molecule has 1 aromatic rings. The van der Waals surface area contributed by atoms with Crippen LogP contribution in [-0.4, -0.2) is 37.2 Å². The number of carbonyl (C=O) groups is 1. The number of hydrogen-bond donors (Lipinski definition) is 2. The second-order valence-electron chi connectivity index (χ2n) is 5.34. The van der Waals surface area contributed by atoms with E-state index in [1.807, 2.05) is 17.0 Å². The minimum absolute atomic E-state index is 0.0115. The maximum absolute atomic E-state index is 11.9. The van der Waals surface area contributed by atoms with Gasteiger partial charge in [0, 0.05) is 18.8 Å². The van der Waals surface area contributed by atoms with Crippen LogP contribution in [0.1, 0.15) is 19.8 Å². The number of nitrogens with zero attached hydrogens (tertiary/aromatic N) is 1. The van der Waals surface area contributed by atoms with Crippen LogP contribution < -0.4 is 15.8 Å². The van der Waals surface area contributed by atoms with Crippen LogP contribution in [0.15, 0.2) is 24.3 Å². The Bertz CT molecular complexity index is 433. The van der Waals surface area contributed by atoms with Gasteiger partial charge >= 0.3 is 6.03 Å². The lowest BCUT2D eigenvalue weighted by Gasteiger charge is -2.30. The summed E-state index contributed by atoms with van der Waals surface area (Å²) in [6.45, 7) is 4.86. The number of amides is 2. The number of benzene rings is 1. The minimum atomic E-state index is 0.0115. The Morgan fingerprint density at radius 1 is 1.45 bits per heavy atom. The number of likely N-dealkylation sites (tertiary alicyclic amines) is 1. The van der Waals surface area contributed by atoms with Gasteiger partial charge in [-0.1, -0.05) is 6.92 Å². The van der Waals surface area contributed by atoms with E-state index in [0.717, 1.165) is 25.3 Å². The van der Waals surface area contributed by atoms with Gasteiger partial charge in [0.25, 0.3) is 0 Å². The molecule has 110 valence electrons. The summed E-state index contributed by atoms with van der Waals surface area (Å²) in [4.78, 5) is 13.8. The minimum Gasteiger partial charge on any atom is -0.492 e. The maximum Gasteiger partial charge on any atom is 0.317 e. The van der Waals surface area contributed by atoms with Crippen molar-refractivity contribution in [1.82, 2.24) is 10.2 Å². The van der Waals surface area contributed by atoms with Crippen molar-refractivity contribution in [3.05, 3.63) is 24.3 Å². The first-order chi connectivity index (χ1) is 9.65. The van der Waals surface area contributed by atoms with Gasteiger partial charge in [-0.2, -0.15) is 0 Å². The molecule has 1 heterocycles. The summed E-state index contributed by atoms with van der Waals surface area (Å²) in [5.74, 6) is 1.36. The van der Waals surface area contributed by atoms with Crippen molar-refractivity contribution >= 4 is 11.7 Å². The summed E-state index contributed by atoms with van der Waals surface area (Å²) in [5, 5.41) is 2.89. The highest BCUT2D eigenvalue weighted by molar-refractivity contribution is 5.74. The quantitative estimate of drug-likeness (QED) is 0.654. The molecule has 2 amide bonds. The summed E-state index contributed by atoms with van der Waals surface area (Å²) in [6, 6.07) is 7.25. The van der Waals surface area contributed by atoms with Gasteiger partial charge in [0.15, 0.2) is 0 Å². The number of nitrogens with one attached hydrogen (secondary N) is 1. The summed E-state index contributed by atoms with van der Waals surface area (Å²) < 4.78 is 5.53. The number of urea groups is 1. The Morgan fingerprint density at radius 3 is 2.90 bits per heavy atom. The second kappa shape index (κ2) is 7.03. The van der Waals surface area contributed by atoms with Gasteiger partial charge in [-0.15, -0.1) is 0 Å². The molecule has 20 heavy (non-hydrogen) atoms. The fourth-order valence-corrected chi connectivity index (χ4v) is 2.38. The molecule has 5 heteroatoms. The smallest absolute Gasteiger partial charge is 0.317 e. The van der Waals surface area contributed by atoms with Crippen LogP contribution in [0, 0.1) is 5.92 Å². The predicted molar refractivity (Wildman–Crippen MR) is 79.7 cm³/mol. The van der Waals surface area contributed by atoms with E-state index in [9.17, 15) is 4.79 Å². The fourth-order valence-electron chi connectivity index (χ4n) is 2.38. The summed E-state index contributed by atoms with van der Waals surface area (Å²) in [5.41, 5.74) is 6.31. The van der Waals surface area contributed by atoms with E-state index >= 15 is 0 Å². The maximum atomic E-state index is 11.9. The van der Waals surface area contributed by atoms with Gasteiger partial charge in [-0.05, 0) is 43.0 Å². The Labute approximate surface area is 120 Å². The van der Waals surface area contributed by atoms with Gasteiger partial charge in [-0.25, -0.2) is 4.79 Å². The second-order valence-corrected chi connectivity index (χ2v) is 5.34. The molecule has 1 saturated heterocycles. The van der Waals surface area contributed by atoms with Gasteiger partial charge in [0.05, 0.1) is 6.54 Å². The molecule has 2 rings (SSSR count). The molecule has 1 unspecified atom stereocenters. The third-order valence-corrected chi connectivity index (χ3v) is 3.47. The molecule has 0 aromatic heterocycles. The Balaban J connectivity index is 1.65. The molecule has 1 aliphatic heterocycles. The molecule has 1 aliphatic rings. The molecular formula is C15H23N3O2. The number of anilines is 1. The topological polar surface area (TPSA) is 67.6 Å². The van der Waals surface area contributed by atoms with E-state index in [2.05, 4.69) is 12.2 Å². The highest BCUT2D eigenvalue weighted by Gasteiger charge is 2.20. The Hall–Kier alpha value is -1.91. The van der Waals surface area contributed by atoms with Crippen LogP contribution in [0.3, 0.4) is 0 Å². The lowest BCUT2D eigenvalue weighted by Crippen LogP contribution is -2.45. The van der Waals surface area contributed by atoms with Crippen molar-refractivity contribution in [1.29, 1.82) is 0 Å². The number of hydrogen-bond acceptors (Lipinski definition) is 3. The average molecular weight is 277 g/mol. The zero-order valence-electron chi connectivity index (χ0n) is 12.0. The summed E-state index contributed by atoms with van der Waals surface area (Å²) in [6.07, 6.45) is 2.31. The Morgan fingerprint density at radius 2 is 2.20 bits per heavy atom. The van der Waals surface area contributed by atoms with E-state index in [4.69, 9.17) is 10.5 Å². The van der Waals surface area contributed by atoms with E-state index in [1.54, 1.807) is 12.1 Å². The summed E-state index contributed by atoms with van der Waals surface area (Å²) >= 11 is 0. The fraction of sp³-hybridized carbons (Fsp3) is 0.533. The van der Waals surface area contributed by atoms with Crippen LogP contribution >= 0.6 is 0 Å². The molecule has 0 radical (unpaired) electrons. The number of ether oxygens (including phenoxy) is 1. The molecule has 1 fully saturated rings. The van der Waals surface area contributed by atoms with Gasteiger partial charge in [0.1, 0.15) is 12.4 Å². The highest BCUT2D eigenvalue weighted by atomic mass is 16.5. The monoisotopic (exact) mass is 277 g/mol. The van der Waals surface area contributed by atoms with Gasteiger partial charge < -0.3 is 20.7 Å². The first-order valence-corrected chi connectivity index (χ1v) is 7.16. The van der Waals surface area contributed by atoms with Crippen molar-refractivity contribution < 1.29 is 9.53 Å². The van der Waals surface area contributed by atoms with E-state index < -0.39 is 0 Å². The Kier molecular flexibility index (Phi) is 5.09. The molecule has 1 atom stereocenters. The molecule has 3 N–H and O–H groups in total. The highest BCUT2D eigenvalue weighted by Crippen LogP contribution is 2.15. The van der Waals surface area contributed by atoms with Gasteiger partial charge in [-0.3, -0.25) is 0 Å². The molecule has 0 spiro atoms. The lowest BCUT2D eigenvalue weighted by molar-refractivity contribution is 0.168. The lowest BCUT2D eigenvalue weighted by atomic mass is 10.0. The predicted octanol–water partition coefficient (Wildman–Crippen LogP) is 2.09. The van der Waals surface area contributed by atoms with Crippen LogP contribution in [-0.2, 0) is 0 Å². The largest absolute Gasteiger partial charge is 0.492 e. The van der Waals surface area contributed by atoms with E-state index in [-0.39, 0.29) is 6.03 Å². The van der Waals surface area contributed by atoms with Crippen molar-refractivity contribution in [2.45, 2.75) is 19.8 Å². The number of rotatable bonds is 4. The normalized spacial score (nSPS) is 18.6. The van der Waals surface area contributed by atoms with Crippen molar-refractivity contribution in [3.63, 3.8) is 0 Å². The third-order valence-electron chi connectivity index (χ3n) is 3.47. The number of carbonyl (C=O) groups excluding carboxylic acids is 1. The van der Waals surface area contributed by atoms with Crippen LogP contribution in [0.2, 0.25) is 0 Å². The zero-order valence-corrected chi connectivity index (χ0v) is 12.0. The first-order valence-electron chi connectivity index (χ1n) is 7.16. The van der Waals surface area contributed by atoms with Crippen molar-refractivity contribution in [3.8, 4) is 5.75 Å². The van der Waals surface area contributed by atoms with Crippen molar-refractivity contribution in [2.75, 3.05) is 32.0 Å². The van der Waals surface area contributed by atoms with Crippen LogP contribution in [0.25, 0.3) is 0 Å². The van der Waals surface area contributed by atoms with Gasteiger partial charge in [0.2, 0.25) is 0 Å². The molecule has 0 bridgehead atoms. The first kappa shape index (κ1) is 14.5. The molecule has 5 nitrogen and oxygen atoms in total. The number of piperidine rings is 1. The number of nitrogens with two attached hydrogens (primary N) is 1.